The molecule has 0 spiro atoms. The minimum Gasteiger partial charge on any atom is -0.467 e. The predicted molar refractivity (Wildman–Crippen MR) is 158 cm³/mol. The Morgan fingerprint density at radius 2 is 0.868 bits per heavy atom. The zero-order valence-electron chi connectivity index (χ0n) is 24.1. The summed E-state index contributed by atoms with van der Waals surface area (Å²) < 4.78 is 9.69. The molecule has 0 rings (SSSR count). The molecule has 0 heterocycles. The van der Waals surface area contributed by atoms with Gasteiger partial charge >= 0.3 is 11.9 Å². The third kappa shape index (κ3) is 20.5. The Morgan fingerprint density at radius 3 is 1.18 bits per heavy atom. The second-order valence-electron chi connectivity index (χ2n) is 9.60. The van der Waals surface area contributed by atoms with Gasteiger partial charge in [-0.3, -0.25) is 9.59 Å². The lowest BCUT2D eigenvalue weighted by Crippen LogP contribution is -2.44. The van der Waals surface area contributed by atoms with Crippen LogP contribution in [-0.2, 0) is 28.7 Å². The van der Waals surface area contributed by atoms with Crippen LogP contribution in [0.15, 0.2) is 0 Å². The number of esters is 2. The lowest BCUT2D eigenvalue weighted by Gasteiger charge is -2.18. The molecule has 2 atom stereocenters. The number of nitrogens with one attached hydrogen (secondary N) is 2. The molecule has 0 aromatic rings. The molecule has 8 nitrogen and oxygen atoms in total. The Hall–Kier alpha value is -1.42. The monoisotopic (exact) mass is 576 g/mol. The van der Waals surface area contributed by atoms with E-state index in [4.69, 9.17) is 9.47 Å². The van der Waals surface area contributed by atoms with E-state index < -0.39 is 24.0 Å². The molecule has 1 unspecified atom stereocenters. The molecule has 0 saturated heterocycles. The van der Waals surface area contributed by atoms with Gasteiger partial charge in [-0.1, -0.05) is 112 Å². The Kier molecular flexibility index (Phi) is 24.9. The Morgan fingerprint density at radius 1 is 0.553 bits per heavy atom. The van der Waals surface area contributed by atoms with Crippen LogP contribution in [0.3, 0.4) is 0 Å². The second-order valence-corrected chi connectivity index (χ2v) is 12.2. The van der Waals surface area contributed by atoms with Gasteiger partial charge in [0.15, 0.2) is 0 Å². The fourth-order valence-electron chi connectivity index (χ4n) is 3.87. The molecule has 10 heteroatoms. The molecule has 0 bridgehead atoms. The fourth-order valence-corrected chi connectivity index (χ4v) is 6.17. The average molecular weight is 577 g/mol. The molecule has 0 aromatic carbocycles. The number of rotatable bonds is 25. The number of carbonyl (C=O) groups is 4. The van der Waals surface area contributed by atoms with Gasteiger partial charge in [0.1, 0.15) is 12.1 Å². The van der Waals surface area contributed by atoms with Crippen LogP contribution in [0.5, 0.6) is 0 Å². The van der Waals surface area contributed by atoms with E-state index in [1.165, 1.54) is 87.2 Å². The van der Waals surface area contributed by atoms with Crippen molar-refractivity contribution in [1.29, 1.82) is 0 Å². The topological polar surface area (TPSA) is 111 Å². The zero-order chi connectivity index (χ0) is 28.4. The number of hydrogen-bond donors (Lipinski definition) is 2. The van der Waals surface area contributed by atoms with E-state index >= 15 is 0 Å². The van der Waals surface area contributed by atoms with Gasteiger partial charge in [-0.2, -0.15) is 0 Å². The molecule has 0 aliphatic heterocycles. The van der Waals surface area contributed by atoms with Crippen molar-refractivity contribution in [2.45, 2.75) is 129 Å². The van der Waals surface area contributed by atoms with Crippen LogP contribution < -0.4 is 10.6 Å². The minimum absolute atomic E-state index is 0.162. The van der Waals surface area contributed by atoms with Crippen molar-refractivity contribution in [3.05, 3.63) is 0 Å². The maximum Gasteiger partial charge on any atom is 0.329 e. The van der Waals surface area contributed by atoms with E-state index in [9.17, 15) is 19.2 Å². The highest BCUT2D eigenvalue weighted by atomic mass is 33.1. The van der Waals surface area contributed by atoms with Gasteiger partial charge in [-0.25, -0.2) is 9.59 Å². The molecule has 0 radical (unpaired) electrons. The first-order chi connectivity index (χ1) is 18.4. The van der Waals surface area contributed by atoms with Crippen LogP contribution in [-0.4, -0.2) is 61.6 Å². The zero-order valence-corrected chi connectivity index (χ0v) is 25.8. The summed E-state index contributed by atoms with van der Waals surface area (Å²) in [6.07, 6.45) is 16.4. The van der Waals surface area contributed by atoms with Gasteiger partial charge in [0.05, 0.1) is 14.2 Å². The summed E-state index contributed by atoms with van der Waals surface area (Å²) in [4.78, 5) is 49.0. The van der Waals surface area contributed by atoms with E-state index in [0.29, 0.717) is 24.3 Å². The molecule has 2 N–H and O–H groups in total. The van der Waals surface area contributed by atoms with Crippen molar-refractivity contribution < 1.29 is 28.7 Å². The van der Waals surface area contributed by atoms with Crippen LogP contribution >= 0.6 is 21.6 Å². The van der Waals surface area contributed by atoms with Gasteiger partial charge in [-0.15, -0.1) is 0 Å². The van der Waals surface area contributed by atoms with Crippen molar-refractivity contribution >= 4 is 45.3 Å². The average Bonchev–Trinajstić information content (AvgIpc) is 2.91. The quantitative estimate of drug-likeness (QED) is 0.0778. The van der Waals surface area contributed by atoms with Crippen molar-refractivity contribution in [2.24, 2.45) is 0 Å². The second kappa shape index (κ2) is 25.8. The van der Waals surface area contributed by atoms with Gasteiger partial charge in [0.2, 0.25) is 11.8 Å². The van der Waals surface area contributed by atoms with Crippen LogP contribution in [0.25, 0.3) is 0 Å². The molecule has 0 saturated carbocycles. The first kappa shape index (κ1) is 36.6. The molecule has 0 aliphatic rings. The summed E-state index contributed by atoms with van der Waals surface area (Å²) in [6.45, 7) is 4.37. The Bertz CT molecular complexity index is 597. The summed E-state index contributed by atoms with van der Waals surface area (Å²) >= 11 is 0. The number of methoxy groups -OCH3 is 2. The van der Waals surface area contributed by atoms with E-state index in [1.807, 2.05) is 0 Å². The van der Waals surface area contributed by atoms with Gasteiger partial charge in [0, 0.05) is 24.3 Å². The summed E-state index contributed by atoms with van der Waals surface area (Å²) in [5.41, 5.74) is 0. The number of carbonyl (C=O) groups excluding carboxylic acids is 4. The van der Waals surface area contributed by atoms with Crippen molar-refractivity contribution in [3.63, 3.8) is 0 Å². The number of hydrogen-bond acceptors (Lipinski definition) is 8. The minimum atomic E-state index is -0.766. The fraction of sp³-hybridized carbons (Fsp3) is 0.857. The van der Waals surface area contributed by atoms with E-state index in [-0.39, 0.29) is 11.8 Å². The molecule has 38 heavy (non-hydrogen) atoms. The standard InChI is InChI=1S/C28H52N2O6S2/c1-5-7-9-11-13-15-17-19-25(31)29-23(27(33)35-3)21-37-38-22-24(28(34)36-4)30-26(32)20-18-16-14-12-10-8-6-2/h23-24H,5-22H2,1-4H3,(H,29,31)(H,30,32)/t23-,24?/m0/s1. The third-order valence-electron chi connectivity index (χ3n) is 6.21. The lowest BCUT2D eigenvalue weighted by atomic mass is 10.1. The Labute approximate surface area is 238 Å². The predicted octanol–water partition coefficient (Wildman–Crippen LogP) is 5.96. The van der Waals surface area contributed by atoms with Crippen LogP contribution in [0, 0.1) is 0 Å². The normalized spacial score (nSPS) is 12.4. The number of amides is 2. The highest BCUT2D eigenvalue weighted by molar-refractivity contribution is 8.76. The summed E-state index contributed by atoms with van der Waals surface area (Å²) in [5, 5.41) is 5.54. The molecular formula is C28H52N2O6S2. The largest absolute Gasteiger partial charge is 0.467 e. The van der Waals surface area contributed by atoms with Crippen molar-refractivity contribution in [1.82, 2.24) is 10.6 Å². The van der Waals surface area contributed by atoms with Crippen LogP contribution in [0.4, 0.5) is 0 Å². The summed E-state index contributed by atoms with van der Waals surface area (Å²) in [6, 6.07) is -1.53. The van der Waals surface area contributed by atoms with Gasteiger partial charge in [0.25, 0.3) is 0 Å². The summed E-state index contributed by atoms with van der Waals surface area (Å²) in [7, 11) is 5.28. The maximum absolute atomic E-state index is 12.3. The summed E-state index contributed by atoms with van der Waals surface area (Å²) in [5.74, 6) is -0.744. The van der Waals surface area contributed by atoms with E-state index in [0.717, 1.165) is 38.5 Å². The van der Waals surface area contributed by atoms with Crippen LogP contribution in [0.2, 0.25) is 0 Å². The van der Waals surface area contributed by atoms with Gasteiger partial charge in [-0.05, 0) is 12.8 Å². The Balaban J connectivity index is 4.38. The van der Waals surface area contributed by atoms with Crippen molar-refractivity contribution in [2.75, 3.05) is 25.7 Å². The number of unbranched alkanes of at least 4 members (excludes halogenated alkanes) is 12. The molecule has 222 valence electrons. The first-order valence-corrected chi connectivity index (χ1v) is 16.9. The molecule has 0 fully saturated rings. The third-order valence-corrected chi connectivity index (χ3v) is 8.63. The highest BCUT2D eigenvalue weighted by Crippen LogP contribution is 2.24. The van der Waals surface area contributed by atoms with E-state index in [2.05, 4.69) is 24.5 Å². The smallest absolute Gasteiger partial charge is 0.329 e. The highest BCUT2D eigenvalue weighted by Gasteiger charge is 2.24. The van der Waals surface area contributed by atoms with E-state index in [1.54, 1.807) is 0 Å². The molecule has 2 amide bonds. The molecule has 0 aromatic heterocycles. The SMILES string of the molecule is CCCCCCCCCC(=O)NC(CSSC[C@H](NC(=O)CCCCCCCCC)C(=O)OC)C(=O)OC. The maximum atomic E-state index is 12.3. The number of ether oxygens (including phenoxy) is 2. The first-order valence-electron chi connectivity index (χ1n) is 14.4. The van der Waals surface area contributed by atoms with Gasteiger partial charge < -0.3 is 20.1 Å². The lowest BCUT2D eigenvalue weighted by molar-refractivity contribution is -0.144. The molecule has 0 aliphatic carbocycles. The molecular weight excluding hydrogens is 524 g/mol. The van der Waals surface area contributed by atoms with Crippen molar-refractivity contribution in [3.8, 4) is 0 Å². The van der Waals surface area contributed by atoms with Crippen LogP contribution in [0.1, 0.15) is 117 Å².